The van der Waals surface area contributed by atoms with Gasteiger partial charge in [0, 0.05) is 15.7 Å². The number of rotatable bonds is 6. The van der Waals surface area contributed by atoms with Gasteiger partial charge in [-0.3, -0.25) is 0 Å². The molecule has 0 atom stereocenters. The SMILES string of the molecule is Cc1cc(SCc2ccc(OCc3ccc(Cl)cc3)cc2)ccc1O. The molecule has 4 heteroatoms. The summed E-state index contributed by atoms with van der Waals surface area (Å²) in [6.45, 7) is 2.43. The zero-order chi connectivity index (χ0) is 17.6. The normalized spacial score (nSPS) is 10.6. The van der Waals surface area contributed by atoms with E-state index in [-0.39, 0.29) is 0 Å². The molecule has 3 rings (SSSR count). The molecule has 0 aliphatic rings. The second-order valence-corrected chi connectivity index (χ2v) is 7.28. The summed E-state index contributed by atoms with van der Waals surface area (Å²) in [5, 5.41) is 10.3. The van der Waals surface area contributed by atoms with E-state index < -0.39 is 0 Å². The molecule has 25 heavy (non-hydrogen) atoms. The molecule has 0 heterocycles. The molecule has 3 aromatic rings. The molecule has 0 saturated heterocycles. The number of halogens is 1. The monoisotopic (exact) mass is 370 g/mol. The first-order valence-electron chi connectivity index (χ1n) is 7.99. The van der Waals surface area contributed by atoms with E-state index in [2.05, 4.69) is 12.1 Å². The van der Waals surface area contributed by atoms with Crippen molar-refractivity contribution in [2.75, 3.05) is 0 Å². The molecule has 0 amide bonds. The van der Waals surface area contributed by atoms with Crippen LogP contribution in [0.4, 0.5) is 0 Å². The number of ether oxygens (including phenoxy) is 1. The minimum Gasteiger partial charge on any atom is -0.508 e. The number of thioether (sulfide) groups is 1. The lowest BCUT2D eigenvalue weighted by molar-refractivity contribution is 0.306. The Kier molecular flexibility index (Phi) is 5.90. The van der Waals surface area contributed by atoms with Gasteiger partial charge in [-0.1, -0.05) is 35.9 Å². The van der Waals surface area contributed by atoms with Crippen LogP contribution in [0.2, 0.25) is 5.02 Å². The van der Waals surface area contributed by atoms with Crippen molar-refractivity contribution in [3.8, 4) is 11.5 Å². The Hall–Kier alpha value is -2.10. The third kappa shape index (κ3) is 5.18. The van der Waals surface area contributed by atoms with Gasteiger partial charge >= 0.3 is 0 Å². The zero-order valence-electron chi connectivity index (χ0n) is 13.9. The predicted molar refractivity (Wildman–Crippen MR) is 105 cm³/mol. The van der Waals surface area contributed by atoms with Crippen molar-refractivity contribution < 1.29 is 9.84 Å². The number of benzene rings is 3. The summed E-state index contributed by atoms with van der Waals surface area (Å²) in [4.78, 5) is 1.15. The lowest BCUT2D eigenvalue weighted by Crippen LogP contribution is -1.95. The van der Waals surface area contributed by atoms with Crippen molar-refractivity contribution in [1.82, 2.24) is 0 Å². The molecule has 1 N–H and O–H groups in total. The van der Waals surface area contributed by atoms with Gasteiger partial charge in [-0.25, -0.2) is 0 Å². The van der Waals surface area contributed by atoms with Crippen molar-refractivity contribution in [2.45, 2.75) is 24.2 Å². The summed E-state index contributed by atoms with van der Waals surface area (Å²) >= 11 is 7.63. The summed E-state index contributed by atoms with van der Waals surface area (Å²) in [6, 6.07) is 21.5. The summed E-state index contributed by atoms with van der Waals surface area (Å²) < 4.78 is 5.80. The number of phenols is 1. The van der Waals surface area contributed by atoms with Crippen LogP contribution in [0.25, 0.3) is 0 Å². The quantitative estimate of drug-likeness (QED) is 0.522. The van der Waals surface area contributed by atoms with Crippen molar-refractivity contribution in [3.05, 3.63) is 88.4 Å². The Morgan fingerprint density at radius 1 is 0.920 bits per heavy atom. The topological polar surface area (TPSA) is 29.5 Å². The van der Waals surface area contributed by atoms with Gasteiger partial charge in [0.25, 0.3) is 0 Å². The molecular weight excluding hydrogens is 352 g/mol. The van der Waals surface area contributed by atoms with E-state index in [1.165, 1.54) is 5.56 Å². The Balaban J connectivity index is 1.53. The molecule has 128 valence electrons. The first kappa shape index (κ1) is 17.7. The minimum atomic E-state index is 0.339. The van der Waals surface area contributed by atoms with Gasteiger partial charge in [0.1, 0.15) is 18.1 Å². The van der Waals surface area contributed by atoms with E-state index >= 15 is 0 Å². The molecule has 0 aliphatic carbocycles. The molecule has 0 aliphatic heterocycles. The Morgan fingerprint density at radius 2 is 1.60 bits per heavy atom. The molecule has 0 spiro atoms. The second kappa shape index (κ2) is 8.32. The van der Waals surface area contributed by atoms with Crippen LogP contribution in [-0.2, 0) is 12.4 Å². The molecule has 0 unspecified atom stereocenters. The van der Waals surface area contributed by atoms with E-state index in [0.717, 1.165) is 32.5 Å². The number of aryl methyl sites for hydroxylation is 1. The highest BCUT2D eigenvalue weighted by atomic mass is 35.5. The summed E-state index contributed by atoms with van der Waals surface area (Å²) in [7, 11) is 0. The van der Waals surface area contributed by atoms with E-state index in [1.807, 2.05) is 55.5 Å². The lowest BCUT2D eigenvalue weighted by Gasteiger charge is -2.08. The van der Waals surface area contributed by atoms with E-state index in [4.69, 9.17) is 16.3 Å². The molecule has 0 aromatic heterocycles. The summed E-state index contributed by atoms with van der Waals surface area (Å²) in [5.41, 5.74) is 3.22. The van der Waals surface area contributed by atoms with Crippen LogP contribution >= 0.6 is 23.4 Å². The van der Waals surface area contributed by atoms with Gasteiger partial charge < -0.3 is 9.84 Å². The van der Waals surface area contributed by atoms with Crippen molar-refractivity contribution in [2.24, 2.45) is 0 Å². The van der Waals surface area contributed by atoms with Gasteiger partial charge in [0.05, 0.1) is 0 Å². The van der Waals surface area contributed by atoms with E-state index in [0.29, 0.717) is 12.4 Å². The number of phenolic OH excluding ortho intramolecular Hbond substituents is 1. The average molecular weight is 371 g/mol. The van der Waals surface area contributed by atoms with Gasteiger partial charge in [-0.15, -0.1) is 11.8 Å². The molecular formula is C21H19ClO2S. The van der Waals surface area contributed by atoms with Gasteiger partial charge in [-0.05, 0) is 66.1 Å². The highest BCUT2D eigenvalue weighted by Crippen LogP contribution is 2.28. The maximum atomic E-state index is 9.58. The first-order chi connectivity index (χ1) is 12.1. The van der Waals surface area contributed by atoms with Crippen LogP contribution in [0.15, 0.2) is 71.6 Å². The first-order valence-corrected chi connectivity index (χ1v) is 9.35. The zero-order valence-corrected chi connectivity index (χ0v) is 15.5. The second-order valence-electron chi connectivity index (χ2n) is 5.80. The molecule has 0 bridgehead atoms. The third-order valence-electron chi connectivity index (χ3n) is 3.82. The van der Waals surface area contributed by atoms with Crippen LogP contribution < -0.4 is 4.74 Å². The maximum absolute atomic E-state index is 9.58. The van der Waals surface area contributed by atoms with Crippen LogP contribution in [0.5, 0.6) is 11.5 Å². The highest BCUT2D eigenvalue weighted by molar-refractivity contribution is 7.98. The van der Waals surface area contributed by atoms with E-state index in [1.54, 1.807) is 17.8 Å². The van der Waals surface area contributed by atoms with Crippen LogP contribution in [0.3, 0.4) is 0 Å². The van der Waals surface area contributed by atoms with Crippen molar-refractivity contribution >= 4 is 23.4 Å². The van der Waals surface area contributed by atoms with Crippen LogP contribution in [-0.4, -0.2) is 5.11 Å². The predicted octanol–water partition coefficient (Wildman–Crippen LogP) is 6.23. The molecule has 3 aromatic carbocycles. The van der Waals surface area contributed by atoms with Crippen molar-refractivity contribution in [1.29, 1.82) is 0 Å². The molecule has 2 nitrogen and oxygen atoms in total. The Labute approximate surface area is 157 Å². The fourth-order valence-electron chi connectivity index (χ4n) is 2.31. The Morgan fingerprint density at radius 3 is 2.28 bits per heavy atom. The smallest absolute Gasteiger partial charge is 0.119 e. The summed E-state index contributed by atoms with van der Waals surface area (Å²) in [5.74, 6) is 2.07. The summed E-state index contributed by atoms with van der Waals surface area (Å²) in [6.07, 6.45) is 0. The highest BCUT2D eigenvalue weighted by Gasteiger charge is 2.01. The number of hydrogen-bond donors (Lipinski definition) is 1. The largest absolute Gasteiger partial charge is 0.508 e. The van der Waals surface area contributed by atoms with Gasteiger partial charge in [-0.2, -0.15) is 0 Å². The standard InChI is InChI=1S/C21H19ClO2S/c1-15-12-20(10-11-21(15)23)25-14-17-4-8-19(9-5-17)24-13-16-2-6-18(22)7-3-16/h2-12,23H,13-14H2,1H3. The van der Waals surface area contributed by atoms with Crippen LogP contribution in [0, 0.1) is 6.92 Å². The van der Waals surface area contributed by atoms with Crippen molar-refractivity contribution in [3.63, 3.8) is 0 Å². The van der Waals surface area contributed by atoms with Gasteiger partial charge in [0.2, 0.25) is 0 Å². The molecule has 0 fully saturated rings. The minimum absolute atomic E-state index is 0.339. The molecule has 0 radical (unpaired) electrons. The molecule has 0 saturated carbocycles. The Bertz CT molecular complexity index is 830. The average Bonchev–Trinajstić information content (AvgIpc) is 2.63. The lowest BCUT2D eigenvalue weighted by atomic mass is 10.2. The number of hydrogen-bond acceptors (Lipinski definition) is 3. The van der Waals surface area contributed by atoms with Crippen LogP contribution in [0.1, 0.15) is 16.7 Å². The maximum Gasteiger partial charge on any atom is 0.119 e. The van der Waals surface area contributed by atoms with E-state index in [9.17, 15) is 5.11 Å². The fraction of sp³-hybridized carbons (Fsp3) is 0.143. The van der Waals surface area contributed by atoms with Gasteiger partial charge in [0.15, 0.2) is 0 Å². The number of aromatic hydroxyl groups is 1. The fourth-order valence-corrected chi connectivity index (χ4v) is 3.39. The third-order valence-corrected chi connectivity index (χ3v) is 5.13.